The number of thioether (sulfide) groups is 1. The molecule has 0 radical (unpaired) electrons. The molecule has 2 N–H and O–H groups in total. The molecular weight excluding hydrogens is 404 g/mol. The number of carbonyl (C=O) groups is 2. The van der Waals surface area contributed by atoms with Crippen LogP contribution in [0.2, 0.25) is 0 Å². The number of carbonyl (C=O) groups excluding carboxylic acids is 1. The molecule has 10 heteroatoms. The Hall–Kier alpha value is -3.14. The molecule has 0 aliphatic rings. The van der Waals surface area contributed by atoms with Gasteiger partial charge in [-0.1, -0.05) is 49.0 Å². The van der Waals surface area contributed by atoms with Gasteiger partial charge in [-0.3, -0.25) is 14.2 Å². The molecule has 158 valence electrons. The Balaban J connectivity index is 1.73. The summed E-state index contributed by atoms with van der Waals surface area (Å²) in [6.07, 6.45) is 4.97. The molecule has 0 saturated carbocycles. The Kier molecular flexibility index (Phi) is 7.23. The van der Waals surface area contributed by atoms with E-state index in [0.29, 0.717) is 17.4 Å². The number of carboxylic acid groups (broad SMARTS) is 1. The van der Waals surface area contributed by atoms with Crippen molar-refractivity contribution in [1.82, 2.24) is 29.6 Å². The van der Waals surface area contributed by atoms with Gasteiger partial charge in [-0.05, 0) is 12.0 Å². The zero-order chi connectivity index (χ0) is 21.5. The number of hydrogen-bond acceptors (Lipinski definition) is 6. The predicted molar refractivity (Wildman–Crippen MR) is 112 cm³/mol. The van der Waals surface area contributed by atoms with Gasteiger partial charge in [0.25, 0.3) is 0 Å². The fourth-order valence-electron chi connectivity index (χ4n) is 3.06. The van der Waals surface area contributed by atoms with E-state index in [1.807, 2.05) is 55.1 Å². The number of aromatic nitrogens is 5. The van der Waals surface area contributed by atoms with Gasteiger partial charge in [0.05, 0.1) is 5.75 Å². The van der Waals surface area contributed by atoms with E-state index in [4.69, 9.17) is 0 Å². The van der Waals surface area contributed by atoms with Crippen molar-refractivity contribution in [3.63, 3.8) is 0 Å². The highest BCUT2D eigenvalue weighted by atomic mass is 32.2. The van der Waals surface area contributed by atoms with Gasteiger partial charge < -0.3 is 15.0 Å². The van der Waals surface area contributed by atoms with Crippen molar-refractivity contribution in [1.29, 1.82) is 0 Å². The fourth-order valence-corrected chi connectivity index (χ4v) is 3.83. The van der Waals surface area contributed by atoms with Crippen LogP contribution >= 0.6 is 11.8 Å². The summed E-state index contributed by atoms with van der Waals surface area (Å²) in [4.78, 5) is 28.3. The van der Waals surface area contributed by atoms with Crippen molar-refractivity contribution in [3.8, 4) is 0 Å². The zero-order valence-electron chi connectivity index (χ0n) is 16.9. The number of hydrogen-bond donors (Lipinski definition) is 2. The molecule has 0 aliphatic carbocycles. The standard InChI is InChI=1S/C20H24N6O3S/c1-3-7-15-23-24-20(26(15)12-17(28)29)30-13-16(27)22-18(14-8-5-4-6-9-14)19-21-10-11-25(19)2/h4-6,8-11,18H,3,7,12-13H2,1-2H3,(H,22,27)(H,28,29)/t18-/m1/s1. The molecule has 1 atom stereocenters. The van der Waals surface area contributed by atoms with Crippen molar-refractivity contribution >= 4 is 23.6 Å². The Bertz CT molecular complexity index is 1000. The van der Waals surface area contributed by atoms with Crippen LogP contribution in [0.4, 0.5) is 0 Å². The molecule has 0 fully saturated rings. The topological polar surface area (TPSA) is 115 Å². The van der Waals surface area contributed by atoms with Crippen molar-refractivity contribution in [3.05, 3.63) is 59.9 Å². The van der Waals surface area contributed by atoms with Crippen LogP contribution in [0.5, 0.6) is 0 Å². The quantitative estimate of drug-likeness (QED) is 0.475. The van der Waals surface area contributed by atoms with E-state index in [2.05, 4.69) is 20.5 Å². The third kappa shape index (κ3) is 5.26. The lowest BCUT2D eigenvalue weighted by molar-refractivity contribution is -0.137. The summed E-state index contributed by atoms with van der Waals surface area (Å²) in [5.41, 5.74) is 0.921. The lowest BCUT2D eigenvalue weighted by atomic mass is 10.1. The summed E-state index contributed by atoms with van der Waals surface area (Å²) in [6.45, 7) is 1.76. The van der Waals surface area contributed by atoms with Gasteiger partial charge in [-0.2, -0.15) is 0 Å². The average Bonchev–Trinajstić information content (AvgIpc) is 3.31. The van der Waals surface area contributed by atoms with Gasteiger partial charge in [-0.15, -0.1) is 10.2 Å². The number of nitrogens with one attached hydrogen (secondary N) is 1. The number of imidazole rings is 1. The maximum absolute atomic E-state index is 12.7. The number of amides is 1. The molecule has 0 unspecified atom stereocenters. The molecule has 0 spiro atoms. The van der Waals surface area contributed by atoms with Crippen molar-refractivity contribution in [2.45, 2.75) is 37.5 Å². The van der Waals surface area contributed by atoms with Gasteiger partial charge >= 0.3 is 5.97 Å². The average molecular weight is 429 g/mol. The first-order valence-electron chi connectivity index (χ1n) is 9.57. The lowest BCUT2D eigenvalue weighted by Gasteiger charge is -2.19. The molecular formula is C20H24N6O3S. The van der Waals surface area contributed by atoms with Crippen molar-refractivity contribution in [2.75, 3.05) is 5.75 Å². The number of aliphatic carboxylic acids is 1. The normalized spacial score (nSPS) is 11.9. The summed E-state index contributed by atoms with van der Waals surface area (Å²) in [6, 6.07) is 9.22. The number of aryl methyl sites for hydroxylation is 2. The summed E-state index contributed by atoms with van der Waals surface area (Å²) < 4.78 is 3.42. The molecule has 3 aromatic rings. The minimum absolute atomic E-state index is 0.0810. The van der Waals surface area contributed by atoms with E-state index in [9.17, 15) is 14.7 Å². The highest BCUT2D eigenvalue weighted by Crippen LogP contribution is 2.22. The molecule has 0 aliphatic heterocycles. The van der Waals surface area contributed by atoms with Gasteiger partial charge in [0.15, 0.2) is 5.16 Å². The van der Waals surface area contributed by atoms with E-state index in [-0.39, 0.29) is 18.2 Å². The Morgan fingerprint density at radius 2 is 2.00 bits per heavy atom. The molecule has 3 rings (SSSR count). The fraction of sp³-hybridized carbons (Fsp3) is 0.350. The van der Waals surface area contributed by atoms with Crippen molar-refractivity contribution < 1.29 is 14.7 Å². The summed E-state index contributed by atoms with van der Waals surface area (Å²) in [7, 11) is 1.88. The molecule has 0 saturated heterocycles. The second-order valence-corrected chi connectivity index (χ2v) is 7.67. The molecule has 2 heterocycles. The van der Waals surface area contributed by atoms with Gasteiger partial charge in [-0.25, -0.2) is 4.98 Å². The first-order valence-corrected chi connectivity index (χ1v) is 10.6. The summed E-state index contributed by atoms with van der Waals surface area (Å²) >= 11 is 1.17. The minimum atomic E-state index is -0.975. The first-order chi connectivity index (χ1) is 14.5. The zero-order valence-corrected chi connectivity index (χ0v) is 17.7. The van der Waals surface area contributed by atoms with Crippen LogP contribution in [-0.2, 0) is 29.6 Å². The van der Waals surface area contributed by atoms with E-state index in [1.54, 1.807) is 10.8 Å². The Morgan fingerprint density at radius 3 is 2.63 bits per heavy atom. The number of rotatable bonds is 10. The molecule has 30 heavy (non-hydrogen) atoms. The molecule has 2 aromatic heterocycles. The molecule has 1 amide bonds. The van der Waals surface area contributed by atoms with Crippen LogP contribution in [-0.4, -0.2) is 47.1 Å². The van der Waals surface area contributed by atoms with Crippen LogP contribution in [0.3, 0.4) is 0 Å². The Labute approximate surface area is 178 Å². The maximum Gasteiger partial charge on any atom is 0.323 e. The number of benzene rings is 1. The van der Waals surface area contributed by atoms with Crippen LogP contribution in [0.25, 0.3) is 0 Å². The summed E-state index contributed by atoms with van der Waals surface area (Å²) in [5, 5.41) is 20.8. The first kappa shape index (κ1) is 21.6. The van der Waals surface area contributed by atoms with Gasteiger partial charge in [0, 0.05) is 25.9 Å². The summed E-state index contributed by atoms with van der Waals surface area (Å²) in [5.74, 6) is 0.227. The Morgan fingerprint density at radius 1 is 1.23 bits per heavy atom. The maximum atomic E-state index is 12.7. The number of nitrogens with zero attached hydrogens (tertiary/aromatic N) is 5. The van der Waals surface area contributed by atoms with Crippen LogP contribution in [0, 0.1) is 0 Å². The predicted octanol–water partition coefficient (Wildman–Crippen LogP) is 2.05. The van der Waals surface area contributed by atoms with E-state index >= 15 is 0 Å². The van der Waals surface area contributed by atoms with Gasteiger partial charge in [0.1, 0.15) is 24.2 Å². The van der Waals surface area contributed by atoms with Crippen LogP contribution in [0.15, 0.2) is 47.9 Å². The third-order valence-electron chi connectivity index (χ3n) is 4.45. The van der Waals surface area contributed by atoms with Crippen LogP contribution < -0.4 is 5.32 Å². The largest absolute Gasteiger partial charge is 0.480 e. The highest BCUT2D eigenvalue weighted by molar-refractivity contribution is 7.99. The SMILES string of the molecule is CCCc1nnc(SCC(=O)N[C@H](c2ccccc2)c2nccn2C)n1CC(=O)O. The molecule has 0 bridgehead atoms. The minimum Gasteiger partial charge on any atom is -0.480 e. The second kappa shape index (κ2) is 10.1. The van der Waals surface area contributed by atoms with Gasteiger partial charge in [0.2, 0.25) is 5.91 Å². The molecule has 1 aromatic carbocycles. The highest BCUT2D eigenvalue weighted by Gasteiger charge is 2.22. The number of carboxylic acids is 1. The second-order valence-electron chi connectivity index (χ2n) is 6.72. The van der Waals surface area contributed by atoms with E-state index < -0.39 is 12.0 Å². The van der Waals surface area contributed by atoms with Crippen LogP contribution in [0.1, 0.15) is 36.6 Å². The smallest absolute Gasteiger partial charge is 0.323 e. The monoisotopic (exact) mass is 428 g/mol. The van der Waals surface area contributed by atoms with E-state index in [0.717, 1.165) is 17.8 Å². The van der Waals surface area contributed by atoms with Crippen molar-refractivity contribution in [2.24, 2.45) is 7.05 Å². The lowest BCUT2D eigenvalue weighted by Crippen LogP contribution is -2.32. The van der Waals surface area contributed by atoms with E-state index in [1.165, 1.54) is 11.8 Å². The molecule has 9 nitrogen and oxygen atoms in total. The third-order valence-corrected chi connectivity index (χ3v) is 5.41.